The van der Waals surface area contributed by atoms with Gasteiger partial charge in [-0.15, -0.1) is 0 Å². The molecule has 7 nitrogen and oxygen atoms in total. The van der Waals surface area contributed by atoms with E-state index in [1.807, 2.05) is 5.32 Å². The van der Waals surface area contributed by atoms with Crippen molar-refractivity contribution in [3.05, 3.63) is 65.5 Å². The third-order valence-electron chi connectivity index (χ3n) is 3.29. The SMILES string of the molecule is CC(OC(=O)c1cccc(OCc2ccc(F)cc2)c1)C(=O)NC(N)=O. The molecule has 0 fully saturated rings. The quantitative estimate of drug-likeness (QED) is 0.768. The molecule has 1 atom stereocenters. The standard InChI is InChI=1S/C18H17FN2O5/c1-11(16(22)21-18(20)24)26-17(23)13-3-2-4-15(9-13)25-10-12-5-7-14(19)8-6-12/h2-9,11H,10H2,1H3,(H3,20,21,22,24). The molecule has 0 heterocycles. The topological polar surface area (TPSA) is 108 Å². The molecule has 2 aromatic rings. The monoisotopic (exact) mass is 360 g/mol. The summed E-state index contributed by atoms with van der Waals surface area (Å²) in [6, 6.07) is 11.0. The number of imide groups is 1. The van der Waals surface area contributed by atoms with E-state index in [1.54, 1.807) is 24.3 Å². The highest BCUT2D eigenvalue weighted by Crippen LogP contribution is 2.16. The number of nitrogens with one attached hydrogen (secondary N) is 1. The Bertz CT molecular complexity index is 807. The second-order valence-corrected chi connectivity index (χ2v) is 5.34. The molecule has 0 spiro atoms. The van der Waals surface area contributed by atoms with Gasteiger partial charge < -0.3 is 15.2 Å². The number of amides is 3. The van der Waals surface area contributed by atoms with Gasteiger partial charge in [-0.1, -0.05) is 18.2 Å². The first-order valence-electron chi connectivity index (χ1n) is 7.63. The first-order valence-corrected chi connectivity index (χ1v) is 7.63. The molecule has 136 valence electrons. The second kappa shape index (κ2) is 8.61. The largest absolute Gasteiger partial charge is 0.489 e. The first-order chi connectivity index (χ1) is 12.3. The van der Waals surface area contributed by atoms with E-state index in [9.17, 15) is 18.8 Å². The van der Waals surface area contributed by atoms with Crippen LogP contribution in [0.2, 0.25) is 0 Å². The van der Waals surface area contributed by atoms with Crippen LogP contribution in [-0.4, -0.2) is 24.0 Å². The van der Waals surface area contributed by atoms with Crippen molar-refractivity contribution >= 4 is 17.9 Å². The molecular formula is C18H17FN2O5. The number of ether oxygens (including phenoxy) is 2. The molecule has 3 amide bonds. The highest BCUT2D eigenvalue weighted by Gasteiger charge is 2.20. The molecule has 1 unspecified atom stereocenters. The van der Waals surface area contributed by atoms with E-state index < -0.39 is 24.0 Å². The van der Waals surface area contributed by atoms with E-state index in [2.05, 4.69) is 0 Å². The number of benzene rings is 2. The summed E-state index contributed by atoms with van der Waals surface area (Å²) in [5.74, 6) is -1.52. The van der Waals surface area contributed by atoms with Gasteiger partial charge >= 0.3 is 12.0 Å². The molecule has 3 N–H and O–H groups in total. The molecule has 0 bridgehead atoms. The minimum absolute atomic E-state index is 0.167. The van der Waals surface area contributed by atoms with Crippen LogP contribution in [0.4, 0.5) is 9.18 Å². The molecule has 2 rings (SSSR count). The molecular weight excluding hydrogens is 343 g/mol. The lowest BCUT2D eigenvalue weighted by Gasteiger charge is -2.12. The van der Waals surface area contributed by atoms with Gasteiger partial charge in [0.15, 0.2) is 6.10 Å². The smallest absolute Gasteiger partial charge is 0.339 e. The zero-order valence-corrected chi connectivity index (χ0v) is 13.9. The fraction of sp³-hybridized carbons (Fsp3) is 0.167. The highest BCUT2D eigenvalue weighted by molar-refractivity contribution is 5.98. The number of nitrogens with two attached hydrogens (primary N) is 1. The number of carbonyl (C=O) groups excluding carboxylic acids is 3. The molecule has 8 heteroatoms. The van der Waals surface area contributed by atoms with Gasteiger partial charge in [0.1, 0.15) is 18.2 Å². The van der Waals surface area contributed by atoms with Crippen molar-refractivity contribution in [1.82, 2.24) is 5.32 Å². The van der Waals surface area contributed by atoms with Crippen molar-refractivity contribution in [2.45, 2.75) is 19.6 Å². The molecule has 0 aromatic heterocycles. The molecule has 26 heavy (non-hydrogen) atoms. The number of carbonyl (C=O) groups is 3. The average Bonchev–Trinajstić information content (AvgIpc) is 2.61. The van der Waals surface area contributed by atoms with Crippen LogP contribution >= 0.6 is 0 Å². The van der Waals surface area contributed by atoms with E-state index >= 15 is 0 Å². The fourth-order valence-electron chi connectivity index (χ4n) is 1.97. The van der Waals surface area contributed by atoms with Crippen molar-refractivity contribution in [2.75, 3.05) is 0 Å². The summed E-state index contributed by atoms with van der Waals surface area (Å²) in [5.41, 5.74) is 5.76. The van der Waals surface area contributed by atoms with Crippen molar-refractivity contribution in [3.63, 3.8) is 0 Å². The summed E-state index contributed by atoms with van der Waals surface area (Å²) < 4.78 is 23.4. The second-order valence-electron chi connectivity index (χ2n) is 5.34. The minimum atomic E-state index is -1.20. The van der Waals surface area contributed by atoms with Gasteiger partial charge in [0.25, 0.3) is 5.91 Å². The third-order valence-corrected chi connectivity index (χ3v) is 3.29. The molecule has 0 aliphatic rings. The van der Waals surface area contributed by atoms with Gasteiger partial charge in [-0.3, -0.25) is 10.1 Å². The Balaban J connectivity index is 1.96. The number of urea groups is 1. The Hall–Kier alpha value is -3.42. The molecule has 0 radical (unpaired) electrons. The molecule has 0 saturated carbocycles. The number of primary amides is 1. The van der Waals surface area contributed by atoms with Crippen molar-refractivity contribution in [3.8, 4) is 5.75 Å². The van der Waals surface area contributed by atoms with Crippen LogP contribution in [0, 0.1) is 5.82 Å². The van der Waals surface area contributed by atoms with Crippen LogP contribution in [0.5, 0.6) is 5.75 Å². The van der Waals surface area contributed by atoms with Crippen LogP contribution in [0.25, 0.3) is 0 Å². The van der Waals surface area contributed by atoms with Crippen molar-refractivity contribution in [1.29, 1.82) is 0 Å². The Morgan fingerprint density at radius 3 is 2.50 bits per heavy atom. The van der Waals surface area contributed by atoms with E-state index in [-0.39, 0.29) is 18.0 Å². The minimum Gasteiger partial charge on any atom is -0.489 e. The van der Waals surface area contributed by atoms with Crippen molar-refractivity contribution in [2.24, 2.45) is 5.73 Å². The normalized spacial score (nSPS) is 11.3. The van der Waals surface area contributed by atoms with Gasteiger partial charge in [0.2, 0.25) is 0 Å². The highest BCUT2D eigenvalue weighted by atomic mass is 19.1. The summed E-state index contributed by atoms with van der Waals surface area (Å²) in [4.78, 5) is 34.3. The Kier molecular flexibility index (Phi) is 6.26. The Morgan fingerprint density at radius 1 is 1.15 bits per heavy atom. The zero-order valence-electron chi connectivity index (χ0n) is 13.9. The van der Waals surface area contributed by atoms with E-state index in [4.69, 9.17) is 15.2 Å². The number of rotatable bonds is 6. The number of hydrogen-bond donors (Lipinski definition) is 2. The summed E-state index contributed by atoms with van der Waals surface area (Å²) in [7, 11) is 0. The van der Waals surface area contributed by atoms with Gasteiger partial charge in [0, 0.05) is 0 Å². The number of hydrogen-bond acceptors (Lipinski definition) is 5. The lowest BCUT2D eigenvalue weighted by Crippen LogP contribution is -2.42. The maximum atomic E-state index is 12.9. The maximum absolute atomic E-state index is 12.9. The summed E-state index contributed by atoms with van der Waals surface area (Å²) in [6.45, 7) is 1.50. The van der Waals surface area contributed by atoms with Crippen molar-refractivity contribution < 1.29 is 28.2 Å². The van der Waals surface area contributed by atoms with Crippen LogP contribution in [0.1, 0.15) is 22.8 Å². The lowest BCUT2D eigenvalue weighted by atomic mass is 10.2. The predicted octanol–water partition coefficient (Wildman–Crippen LogP) is 2.14. The van der Waals surface area contributed by atoms with Gasteiger partial charge in [-0.25, -0.2) is 14.0 Å². The number of halogens is 1. The van der Waals surface area contributed by atoms with Crippen LogP contribution in [0.3, 0.4) is 0 Å². The molecule has 0 saturated heterocycles. The molecule has 0 aliphatic heterocycles. The maximum Gasteiger partial charge on any atom is 0.339 e. The zero-order chi connectivity index (χ0) is 19.1. The van der Waals surface area contributed by atoms with Gasteiger partial charge in [-0.2, -0.15) is 0 Å². The van der Waals surface area contributed by atoms with Crippen LogP contribution < -0.4 is 15.8 Å². The summed E-state index contributed by atoms with van der Waals surface area (Å²) >= 11 is 0. The third kappa shape index (κ3) is 5.59. The van der Waals surface area contributed by atoms with Crippen LogP contribution in [-0.2, 0) is 16.1 Å². The predicted molar refractivity (Wildman–Crippen MR) is 89.8 cm³/mol. The van der Waals surface area contributed by atoms with Crippen LogP contribution in [0.15, 0.2) is 48.5 Å². The van der Waals surface area contributed by atoms with E-state index in [1.165, 1.54) is 31.2 Å². The summed E-state index contributed by atoms with van der Waals surface area (Å²) in [5, 5.41) is 1.82. The average molecular weight is 360 g/mol. The molecule has 0 aliphatic carbocycles. The van der Waals surface area contributed by atoms with E-state index in [0.29, 0.717) is 5.75 Å². The summed E-state index contributed by atoms with van der Waals surface area (Å²) in [6.07, 6.45) is -1.20. The first kappa shape index (κ1) is 18.9. The van der Waals surface area contributed by atoms with Gasteiger partial charge in [-0.05, 0) is 42.8 Å². The Morgan fingerprint density at radius 2 is 1.85 bits per heavy atom. The lowest BCUT2D eigenvalue weighted by molar-refractivity contribution is -0.127. The van der Waals surface area contributed by atoms with E-state index in [0.717, 1.165) is 5.56 Å². The molecule has 2 aromatic carbocycles. The Labute approximate surface area is 148 Å². The van der Waals surface area contributed by atoms with Gasteiger partial charge in [0.05, 0.1) is 5.56 Å². The number of esters is 1. The fourth-order valence-corrected chi connectivity index (χ4v) is 1.97.